The van der Waals surface area contributed by atoms with E-state index in [1.807, 2.05) is 0 Å². The lowest BCUT2D eigenvalue weighted by atomic mass is 10.1. The zero-order chi connectivity index (χ0) is 18.5. The summed E-state index contributed by atoms with van der Waals surface area (Å²) >= 11 is 0. The van der Waals surface area contributed by atoms with Crippen LogP contribution < -0.4 is 15.4 Å². The zero-order valence-corrected chi connectivity index (χ0v) is 14.2. The Morgan fingerprint density at radius 1 is 1.38 bits per heavy atom. The third kappa shape index (κ3) is 4.23. The fourth-order valence-electron chi connectivity index (χ4n) is 2.66. The van der Waals surface area contributed by atoms with E-state index >= 15 is 0 Å². The van der Waals surface area contributed by atoms with Crippen LogP contribution in [0.3, 0.4) is 0 Å². The second-order valence-corrected chi connectivity index (χ2v) is 5.81. The van der Waals surface area contributed by atoms with Crippen LogP contribution in [0.1, 0.15) is 22.6 Å². The first kappa shape index (κ1) is 18.0. The Bertz CT molecular complexity index is 802. The molecule has 26 heavy (non-hydrogen) atoms. The van der Waals surface area contributed by atoms with E-state index in [2.05, 4.69) is 31.8 Å². The molecule has 0 aliphatic carbocycles. The largest absolute Gasteiger partial charge is 0.435 e. The molecule has 0 atom stereocenters. The third-order valence-corrected chi connectivity index (χ3v) is 4.05. The summed E-state index contributed by atoms with van der Waals surface area (Å²) in [5.41, 5.74) is 2.56. The van der Waals surface area contributed by atoms with Gasteiger partial charge in [0.2, 0.25) is 0 Å². The average Bonchev–Trinajstić information content (AvgIpc) is 3.02. The van der Waals surface area contributed by atoms with Gasteiger partial charge in [-0.15, -0.1) is 5.10 Å². The van der Waals surface area contributed by atoms with Gasteiger partial charge in [-0.2, -0.15) is 8.78 Å². The van der Waals surface area contributed by atoms with Gasteiger partial charge in [-0.25, -0.2) is 4.68 Å². The molecule has 1 amide bonds. The highest BCUT2D eigenvalue weighted by Crippen LogP contribution is 2.18. The lowest BCUT2D eigenvalue weighted by Gasteiger charge is -2.14. The molecule has 2 heterocycles. The van der Waals surface area contributed by atoms with Gasteiger partial charge >= 0.3 is 6.61 Å². The molecule has 1 aromatic carbocycles. The van der Waals surface area contributed by atoms with Crippen LogP contribution in [0.25, 0.3) is 5.69 Å². The lowest BCUT2D eigenvalue weighted by Crippen LogP contribution is -2.30. The minimum Gasteiger partial charge on any atom is -0.435 e. The Hall–Kier alpha value is -2.81. The van der Waals surface area contributed by atoms with Gasteiger partial charge in [0.25, 0.3) is 5.91 Å². The van der Waals surface area contributed by atoms with Crippen molar-refractivity contribution in [2.45, 2.75) is 20.0 Å². The maximum Gasteiger partial charge on any atom is 0.387 e. The van der Waals surface area contributed by atoms with Crippen LogP contribution in [0.4, 0.5) is 8.78 Å². The molecule has 9 heteroatoms. The summed E-state index contributed by atoms with van der Waals surface area (Å²) in [5.74, 6) is -0.249. The SMILES string of the molecule is Cc1c(C(=O)NCC2=CCNCC2)nnn1-c1ccc(OC(F)F)cc1. The molecule has 0 radical (unpaired) electrons. The molecule has 1 aliphatic rings. The summed E-state index contributed by atoms with van der Waals surface area (Å²) in [6, 6.07) is 5.96. The number of aromatic nitrogens is 3. The number of ether oxygens (including phenoxy) is 1. The molecule has 7 nitrogen and oxygen atoms in total. The smallest absolute Gasteiger partial charge is 0.387 e. The summed E-state index contributed by atoms with van der Waals surface area (Å²) in [5, 5.41) is 14.0. The first-order valence-corrected chi connectivity index (χ1v) is 8.19. The number of hydrogen-bond donors (Lipinski definition) is 2. The van der Waals surface area contributed by atoms with E-state index in [1.165, 1.54) is 22.4 Å². The van der Waals surface area contributed by atoms with Crippen molar-refractivity contribution in [2.24, 2.45) is 0 Å². The molecule has 3 rings (SSSR count). The maximum absolute atomic E-state index is 12.4. The normalized spacial score (nSPS) is 14.2. The van der Waals surface area contributed by atoms with Crippen molar-refractivity contribution in [2.75, 3.05) is 19.6 Å². The van der Waals surface area contributed by atoms with Gasteiger partial charge in [-0.05, 0) is 44.2 Å². The van der Waals surface area contributed by atoms with Crippen LogP contribution in [0.15, 0.2) is 35.9 Å². The number of benzene rings is 1. The van der Waals surface area contributed by atoms with Gasteiger partial charge < -0.3 is 15.4 Å². The molecular weight excluding hydrogens is 344 g/mol. The third-order valence-electron chi connectivity index (χ3n) is 4.05. The number of alkyl halides is 2. The van der Waals surface area contributed by atoms with Gasteiger partial charge in [-0.3, -0.25) is 4.79 Å². The second-order valence-electron chi connectivity index (χ2n) is 5.81. The molecule has 0 bridgehead atoms. The van der Waals surface area contributed by atoms with E-state index in [4.69, 9.17) is 0 Å². The Balaban J connectivity index is 1.68. The van der Waals surface area contributed by atoms with Gasteiger partial charge in [0, 0.05) is 13.1 Å². The Morgan fingerprint density at radius 2 is 2.15 bits per heavy atom. The number of nitrogens with one attached hydrogen (secondary N) is 2. The summed E-state index contributed by atoms with van der Waals surface area (Å²) in [7, 11) is 0. The van der Waals surface area contributed by atoms with Crippen molar-refractivity contribution in [3.8, 4) is 11.4 Å². The second kappa shape index (κ2) is 8.05. The van der Waals surface area contributed by atoms with Gasteiger partial charge in [0.05, 0.1) is 11.4 Å². The highest BCUT2D eigenvalue weighted by molar-refractivity contribution is 5.93. The van der Waals surface area contributed by atoms with Crippen molar-refractivity contribution < 1.29 is 18.3 Å². The monoisotopic (exact) mass is 363 g/mol. The van der Waals surface area contributed by atoms with Crippen LogP contribution in [0, 0.1) is 6.92 Å². The van der Waals surface area contributed by atoms with Crippen molar-refractivity contribution in [3.63, 3.8) is 0 Å². The van der Waals surface area contributed by atoms with Crippen molar-refractivity contribution in [1.82, 2.24) is 25.6 Å². The van der Waals surface area contributed by atoms with Gasteiger partial charge in [0.1, 0.15) is 5.75 Å². The predicted molar refractivity (Wildman–Crippen MR) is 90.6 cm³/mol. The van der Waals surface area contributed by atoms with E-state index in [-0.39, 0.29) is 17.4 Å². The number of rotatable bonds is 6. The van der Waals surface area contributed by atoms with Crippen LogP contribution in [-0.2, 0) is 0 Å². The molecule has 0 spiro atoms. The predicted octanol–water partition coefficient (Wildman–Crippen LogP) is 1.83. The molecule has 0 fully saturated rings. The molecule has 1 aromatic heterocycles. The number of carbonyl (C=O) groups excluding carboxylic acids is 1. The van der Waals surface area contributed by atoms with Crippen LogP contribution in [-0.4, -0.2) is 47.1 Å². The highest BCUT2D eigenvalue weighted by atomic mass is 19.3. The van der Waals surface area contributed by atoms with Crippen LogP contribution in [0.2, 0.25) is 0 Å². The Kier molecular flexibility index (Phi) is 5.57. The molecule has 138 valence electrons. The van der Waals surface area contributed by atoms with E-state index in [9.17, 15) is 13.6 Å². The Labute approximate surface area is 149 Å². The first-order valence-electron chi connectivity index (χ1n) is 8.19. The summed E-state index contributed by atoms with van der Waals surface area (Å²) in [6.45, 7) is 1.04. The molecule has 2 aromatic rings. The zero-order valence-electron chi connectivity index (χ0n) is 14.2. The fraction of sp³-hybridized carbons (Fsp3) is 0.353. The van der Waals surface area contributed by atoms with E-state index in [1.54, 1.807) is 19.1 Å². The number of amides is 1. The maximum atomic E-state index is 12.4. The van der Waals surface area contributed by atoms with Gasteiger partial charge in [0.15, 0.2) is 5.69 Å². The molecule has 0 saturated heterocycles. The van der Waals surface area contributed by atoms with Crippen LogP contribution >= 0.6 is 0 Å². The average molecular weight is 363 g/mol. The minimum absolute atomic E-state index is 0.0507. The van der Waals surface area contributed by atoms with E-state index < -0.39 is 6.61 Å². The Morgan fingerprint density at radius 3 is 2.81 bits per heavy atom. The number of halogens is 2. The van der Waals surface area contributed by atoms with Crippen molar-refractivity contribution in [1.29, 1.82) is 0 Å². The molecular formula is C17H19F2N5O2. The first-order chi connectivity index (χ1) is 12.5. The molecule has 0 saturated carbocycles. The lowest BCUT2D eigenvalue weighted by molar-refractivity contribution is -0.0498. The van der Waals surface area contributed by atoms with E-state index in [0.717, 1.165) is 19.5 Å². The summed E-state index contributed by atoms with van der Waals surface area (Å²) < 4.78 is 30.2. The molecule has 0 unspecified atom stereocenters. The van der Waals surface area contributed by atoms with Crippen molar-refractivity contribution >= 4 is 5.91 Å². The van der Waals surface area contributed by atoms with Crippen LogP contribution in [0.5, 0.6) is 5.75 Å². The summed E-state index contributed by atoms with van der Waals surface area (Å²) in [6.07, 6.45) is 2.97. The van der Waals surface area contributed by atoms with Gasteiger partial charge in [-0.1, -0.05) is 16.9 Å². The number of nitrogens with zero attached hydrogens (tertiary/aromatic N) is 3. The minimum atomic E-state index is -2.88. The number of hydrogen-bond acceptors (Lipinski definition) is 5. The quantitative estimate of drug-likeness (QED) is 0.766. The highest BCUT2D eigenvalue weighted by Gasteiger charge is 2.18. The standard InChI is InChI=1S/C17H19F2N5O2/c1-11-15(16(25)21-10-12-6-8-20-9-7-12)22-23-24(11)13-2-4-14(5-3-13)26-17(18)19/h2-6,17,20H,7-10H2,1H3,(H,21,25). The molecule has 2 N–H and O–H groups in total. The molecule has 1 aliphatic heterocycles. The number of carbonyl (C=O) groups is 1. The summed E-state index contributed by atoms with van der Waals surface area (Å²) in [4.78, 5) is 12.4. The topological polar surface area (TPSA) is 81.1 Å². The van der Waals surface area contributed by atoms with Crippen molar-refractivity contribution in [3.05, 3.63) is 47.3 Å². The van der Waals surface area contributed by atoms with E-state index in [0.29, 0.717) is 17.9 Å². The fourth-order valence-corrected chi connectivity index (χ4v) is 2.66.